The molecule has 0 radical (unpaired) electrons. The lowest BCUT2D eigenvalue weighted by Gasteiger charge is -2.06. The van der Waals surface area contributed by atoms with Crippen LogP contribution in [0.1, 0.15) is 104 Å². The van der Waals surface area contributed by atoms with Gasteiger partial charge in [-0.15, -0.1) is 10.2 Å². The summed E-state index contributed by atoms with van der Waals surface area (Å²) in [5, 5.41) is 9.37. The summed E-state index contributed by atoms with van der Waals surface area (Å²) >= 11 is 1.53. The summed E-state index contributed by atoms with van der Waals surface area (Å²) in [5.74, 6) is 1.78. The molecule has 1 heterocycles. The molecule has 0 aliphatic heterocycles. The number of hydrogen-bond donors (Lipinski definition) is 0. The Bertz CT molecular complexity index is 1030. The first-order chi connectivity index (χ1) is 18.3. The average Bonchev–Trinajstić information content (AvgIpc) is 3.33. The maximum atomic E-state index is 5.98. The molecule has 0 spiro atoms. The van der Waals surface area contributed by atoms with E-state index in [-0.39, 0.29) is 0 Å². The van der Waals surface area contributed by atoms with E-state index in [1.165, 1.54) is 88.4 Å². The second kappa shape index (κ2) is 17.9. The number of hydrogen-bond acceptors (Lipinski definition) is 6. The first-order valence-corrected chi connectivity index (χ1v) is 15.3. The van der Waals surface area contributed by atoms with Crippen molar-refractivity contribution in [1.29, 1.82) is 0 Å². The van der Waals surface area contributed by atoms with Crippen molar-refractivity contribution in [2.75, 3.05) is 13.2 Å². The number of thiazole rings is 1. The van der Waals surface area contributed by atoms with Crippen LogP contribution in [-0.4, -0.2) is 18.2 Å². The summed E-state index contributed by atoms with van der Waals surface area (Å²) in [7, 11) is 0. The number of ether oxygens (including phenoxy) is 2. The molecule has 0 atom stereocenters. The van der Waals surface area contributed by atoms with Gasteiger partial charge >= 0.3 is 0 Å². The highest BCUT2D eigenvalue weighted by Gasteiger charge is 2.05. The SMILES string of the molecule is CCCCCCCCCCOc1ccc2nc(N=Nc3ccc(OCCCCCCCC)cc3)sc2c1. The summed E-state index contributed by atoms with van der Waals surface area (Å²) in [6.45, 7) is 6.04. The Kier molecular flexibility index (Phi) is 14.1. The lowest BCUT2D eigenvalue weighted by atomic mass is 10.1. The highest BCUT2D eigenvalue weighted by atomic mass is 32.1. The van der Waals surface area contributed by atoms with E-state index in [4.69, 9.17) is 9.47 Å². The molecule has 0 bridgehead atoms. The van der Waals surface area contributed by atoms with Crippen molar-refractivity contribution in [2.45, 2.75) is 104 Å². The van der Waals surface area contributed by atoms with Gasteiger partial charge in [-0.2, -0.15) is 0 Å². The molecular formula is C31H45N3O2S. The smallest absolute Gasteiger partial charge is 0.231 e. The molecule has 0 aliphatic carbocycles. The number of benzene rings is 2. The number of unbranched alkanes of at least 4 members (excludes halogenated alkanes) is 12. The van der Waals surface area contributed by atoms with Gasteiger partial charge in [0.15, 0.2) is 0 Å². The van der Waals surface area contributed by atoms with Crippen molar-refractivity contribution in [3.63, 3.8) is 0 Å². The zero-order valence-electron chi connectivity index (χ0n) is 22.9. The quantitative estimate of drug-likeness (QED) is 0.109. The van der Waals surface area contributed by atoms with Crippen molar-refractivity contribution in [2.24, 2.45) is 10.2 Å². The lowest BCUT2D eigenvalue weighted by molar-refractivity contribution is 0.304. The second-order valence-electron chi connectivity index (χ2n) is 9.76. The standard InChI is InChI=1S/C31H45N3O2S/c1-3-5-7-9-11-12-14-16-24-36-28-21-22-29-30(25-28)37-31(32-29)34-33-26-17-19-27(20-18-26)35-23-15-13-10-8-6-4-2/h17-22,25H,3-16,23-24H2,1-2H3. The Morgan fingerprint density at radius 1 is 0.622 bits per heavy atom. The molecule has 0 N–H and O–H groups in total. The molecule has 5 nitrogen and oxygen atoms in total. The van der Waals surface area contributed by atoms with Crippen LogP contribution in [0.25, 0.3) is 10.2 Å². The van der Waals surface area contributed by atoms with Crippen LogP contribution in [-0.2, 0) is 0 Å². The van der Waals surface area contributed by atoms with E-state index in [1.807, 2.05) is 36.4 Å². The molecule has 0 saturated carbocycles. The van der Waals surface area contributed by atoms with Crippen molar-refractivity contribution < 1.29 is 9.47 Å². The van der Waals surface area contributed by atoms with E-state index in [0.717, 1.165) is 53.5 Å². The van der Waals surface area contributed by atoms with Gasteiger partial charge in [0, 0.05) is 0 Å². The molecule has 2 aromatic carbocycles. The minimum absolute atomic E-state index is 0.652. The average molecular weight is 524 g/mol. The fourth-order valence-electron chi connectivity index (χ4n) is 4.23. The first-order valence-electron chi connectivity index (χ1n) is 14.5. The second-order valence-corrected chi connectivity index (χ2v) is 10.8. The fraction of sp³-hybridized carbons (Fsp3) is 0.581. The van der Waals surface area contributed by atoms with Crippen LogP contribution < -0.4 is 9.47 Å². The van der Waals surface area contributed by atoms with E-state index >= 15 is 0 Å². The maximum Gasteiger partial charge on any atom is 0.231 e. The number of nitrogens with zero attached hydrogens (tertiary/aromatic N) is 3. The van der Waals surface area contributed by atoms with Gasteiger partial charge in [0.2, 0.25) is 5.13 Å². The van der Waals surface area contributed by atoms with E-state index in [1.54, 1.807) is 0 Å². The van der Waals surface area contributed by atoms with Gasteiger partial charge in [0.1, 0.15) is 11.5 Å². The molecule has 37 heavy (non-hydrogen) atoms. The zero-order chi connectivity index (χ0) is 26.0. The van der Waals surface area contributed by atoms with Crippen LogP contribution in [0.2, 0.25) is 0 Å². The zero-order valence-corrected chi connectivity index (χ0v) is 23.7. The van der Waals surface area contributed by atoms with Gasteiger partial charge in [-0.3, -0.25) is 0 Å². The molecule has 0 amide bonds. The molecule has 6 heteroatoms. The summed E-state index contributed by atoms with van der Waals surface area (Å²) in [5.41, 5.74) is 1.72. The number of fused-ring (bicyclic) bond motifs is 1. The predicted molar refractivity (Wildman–Crippen MR) is 157 cm³/mol. The van der Waals surface area contributed by atoms with Crippen molar-refractivity contribution in [3.05, 3.63) is 42.5 Å². The van der Waals surface area contributed by atoms with Crippen molar-refractivity contribution in [3.8, 4) is 11.5 Å². The topological polar surface area (TPSA) is 56.1 Å². The van der Waals surface area contributed by atoms with Gasteiger partial charge < -0.3 is 9.47 Å². The molecule has 0 unspecified atom stereocenters. The van der Waals surface area contributed by atoms with Crippen LogP contribution in [0.15, 0.2) is 52.7 Å². The summed E-state index contributed by atoms with van der Waals surface area (Å²) in [6.07, 6.45) is 18.0. The Morgan fingerprint density at radius 3 is 1.78 bits per heavy atom. The fourth-order valence-corrected chi connectivity index (χ4v) is 5.05. The molecule has 0 saturated heterocycles. The van der Waals surface area contributed by atoms with Gasteiger partial charge in [0.05, 0.1) is 29.1 Å². The van der Waals surface area contributed by atoms with Crippen LogP contribution in [0, 0.1) is 0 Å². The van der Waals surface area contributed by atoms with Crippen LogP contribution >= 0.6 is 11.3 Å². The molecular weight excluding hydrogens is 478 g/mol. The van der Waals surface area contributed by atoms with Crippen molar-refractivity contribution in [1.82, 2.24) is 4.98 Å². The van der Waals surface area contributed by atoms with E-state index in [9.17, 15) is 0 Å². The molecule has 0 aliphatic rings. The Morgan fingerprint density at radius 2 is 1.16 bits per heavy atom. The number of aromatic nitrogens is 1. The number of rotatable bonds is 20. The highest BCUT2D eigenvalue weighted by Crippen LogP contribution is 2.32. The molecule has 0 fully saturated rings. The number of azo groups is 1. The Hall–Kier alpha value is -2.47. The van der Waals surface area contributed by atoms with Crippen LogP contribution in [0.5, 0.6) is 11.5 Å². The van der Waals surface area contributed by atoms with Crippen LogP contribution in [0.4, 0.5) is 10.8 Å². The molecule has 202 valence electrons. The normalized spacial score (nSPS) is 11.5. The third-order valence-electron chi connectivity index (χ3n) is 6.47. The van der Waals surface area contributed by atoms with Gasteiger partial charge in [-0.05, 0) is 55.3 Å². The minimum Gasteiger partial charge on any atom is -0.494 e. The Labute approximate surface area is 227 Å². The molecule has 3 aromatic rings. The minimum atomic E-state index is 0.652. The summed E-state index contributed by atoms with van der Waals surface area (Å²) in [6, 6.07) is 13.9. The van der Waals surface area contributed by atoms with E-state index < -0.39 is 0 Å². The lowest BCUT2D eigenvalue weighted by Crippen LogP contribution is -1.97. The highest BCUT2D eigenvalue weighted by molar-refractivity contribution is 7.21. The van der Waals surface area contributed by atoms with Gasteiger partial charge in [0.25, 0.3) is 0 Å². The van der Waals surface area contributed by atoms with Gasteiger partial charge in [-0.25, -0.2) is 4.98 Å². The molecule has 3 rings (SSSR count). The first kappa shape index (κ1) is 29.1. The predicted octanol–water partition coefficient (Wildman–Crippen LogP) is 11.0. The summed E-state index contributed by atoms with van der Waals surface area (Å²) < 4.78 is 12.9. The molecule has 1 aromatic heterocycles. The van der Waals surface area contributed by atoms with E-state index in [0.29, 0.717) is 5.13 Å². The van der Waals surface area contributed by atoms with E-state index in [2.05, 4.69) is 35.1 Å². The third kappa shape index (κ3) is 11.6. The largest absolute Gasteiger partial charge is 0.494 e. The van der Waals surface area contributed by atoms with Crippen molar-refractivity contribution >= 4 is 32.4 Å². The summed E-state index contributed by atoms with van der Waals surface area (Å²) in [4.78, 5) is 4.59. The van der Waals surface area contributed by atoms with Crippen LogP contribution in [0.3, 0.4) is 0 Å². The maximum absolute atomic E-state index is 5.98. The monoisotopic (exact) mass is 523 g/mol. The third-order valence-corrected chi connectivity index (χ3v) is 7.37. The van der Waals surface area contributed by atoms with Gasteiger partial charge in [-0.1, -0.05) is 102 Å². The Balaban J connectivity index is 1.37.